The highest BCUT2D eigenvalue weighted by Crippen LogP contribution is 2.35. The average Bonchev–Trinajstić information content (AvgIpc) is 2.89. The van der Waals surface area contributed by atoms with Gasteiger partial charge in [0.1, 0.15) is 5.00 Å². The molecule has 6 nitrogen and oxygen atoms in total. The van der Waals surface area contributed by atoms with Crippen molar-refractivity contribution >= 4 is 34.2 Å². The lowest BCUT2D eigenvalue weighted by molar-refractivity contribution is -0.134. The molecule has 1 amide bonds. The van der Waals surface area contributed by atoms with Gasteiger partial charge in [-0.25, -0.2) is 9.59 Å². The largest absolute Gasteiger partial charge is 0.462 e. The van der Waals surface area contributed by atoms with Gasteiger partial charge in [0.2, 0.25) is 0 Å². The maximum atomic E-state index is 13.0. The molecule has 0 radical (unpaired) electrons. The molecule has 1 aromatic carbocycles. The van der Waals surface area contributed by atoms with Gasteiger partial charge >= 0.3 is 11.9 Å². The summed E-state index contributed by atoms with van der Waals surface area (Å²) in [6, 6.07) is 7.07. The molecule has 2 aromatic rings. The van der Waals surface area contributed by atoms with Crippen LogP contribution < -0.4 is 5.32 Å². The van der Waals surface area contributed by atoms with Crippen LogP contribution in [0.3, 0.4) is 0 Å². The first kappa shape index (κ1) is 19.1. The van der Waals surface area contributed by atoms with Gasteiger partial charge in [-0.2, -0.15) is 0 Å². The SMILES string of the molecule is CCOC(=O)c1c(NC(=O)[C@@]2(C)Cc3ccccc3C(=O)O2)sc(C)c1C. The van der Waals surface area contributed by atoms with Crippen LogP contribution in [-0.2, 0) is 20.7 Å². The maximum Gasteiger partial charge on any atom is 0.341 e. The van der Waals surface area contributed by atoms with E-state index < -0.39 is 23.4 Å². The van der Waals surface area contributed by atoms with Crippen molar-refractivity contribution in [2.45, 2.75) is 39.7 Å². The number of fused-ring (bicyclic) bond motifs is 1. The van der Waals surface area contributed by atoms with Crippen molar-refractivity contribution in [2.24, 2.45) is 0 Å². The first-order valence-corrected chi connectivity index (χ1v) is 9.48. The minimum atomic E-state index is -1.36. The van der Waals surface area contributed by atoms with E-state index in [2.05, 4.69) is 5.32 Å². The molecule has 0 saturated carbocycles. The Kier molecular flexibility index (Phi) is 5.06. The molecule has 1 N–H and O–H groups in total. The number of aryl methyl sites for hydroxylation is 1. The molecular formula is C20H21NO5S. The van der Waals surface area contributed by atoms with Gasteiger partial charge in [0.05, 0.1) is 17.7 Å². The smallest absolute Gasteiger partial charge is 0.341 e. The van der Waals surface area contributed by atoms with Gasteiger partial charge in [0, 0.05) is 11.3 Å². The van der Waals surface area contributed by atoms with Gasteiger partial charge in [-0.3, -0.25) is 4.79 Å². The number of hydrogen-bond donors (Lipinski definition) is 1. The zero-order valence-electron chi connectivity index (χ0n) is 15.7. The summed E-state index contributed by atoms with van der Waals surface area (Å²) < 4.78 is 10.6. The van der Waals surface area contributed by atoms with Crippen LogP contribution >= 0.6 is 11.3 Å². The highest BCUT2D eigenvalue weighted by Gasteiger charge is 2.43. The van der Waals surface area contributed by atoms with Crippen molar-refractivity contribution in [2.75, 3.05) is 11.9 Å². The first-order chi connectivity index (χ1) is 12.8. The first-order valence-electron chi connectivity index (χ1n) is 8.66. The molecule has 2 heterocycles. The zero-order chi connectivity index (χ0) is 19.8. The van der Waals surface area contributed by atoms with E-state index in [1.54, 1.807) is 26.0 Å². The molecule has 0 fully saturated rings. The number of rotatable bonds is 4. The van der Waals surface area contributed by atoms with E-state index in [1.165, 1.54) is 11.3 Å². The summed E-state index contributed by atoms with van der Waals surface area (Å²) in [5.74, 6) is -1.48. The molecule has 3 rings (SSSR count). The number of carbonyl (C=O) groups is 3. The van der Waals surface area contributed by atoms with Gasteiger partial charge in [-0.05, 0) is 44.9 Å². The molecule has 27 heavy (non-hydrogen) atoms. The van der Waals surface area contributed by atoms with Crippen LogP contribution in [0.5, 0.6) is 0 Å². The lowest BCUT2D eigenvalue weighted by Gasteiger charge is -2.32. The van der Waals surface area contributed by atoms with Crippen molar-refractivity contribution in [3.05, 3.63) is 51.4 Å². The molecular weight excluding hydrogens is 366 g/mol. The highest BCUT2D eigenvalue weighted by molar-refractivity contribution is 7.16. The topological polar surface area (TPSA) is 81.7 Å². The van der Waals surface area contributed by atoms with E-state index >= 15 is 0 Å². The van der Waals surface area contributed by atoms with Crippen molar-refractivity contribution in [3.8, 4) is 0 Å². The summed E-state index contributed by atoms with van der Waals surface area (Å²) in [6.45, 7) is 7.23. The number of anilines is 1. The number of thiophene rings is 1. The van der Waals surface area contributed by atoms with E-state index in [1.807, 2.05) is 26.0 Å². The third-order valence-electron chi connectivity index (χ3n) is 4.66. The van der Waals surface area contributed by atoms with Crippen LogP contribution in [0.4, 0.5) is 5.00 Å². The number of esters is 2. The Labute approximate surface area is 161 Å². The quantitative estimate of drug-likeness (QED) is 0.810. The molecule has 1 aliphatic rings. The second-order valence-corrected chi connectivity index (χ2v) is 7.84. The van der Waals surface area contributed by atoms with Crippen LogP contribution in [0.1, 0.15) is 50.6 Å². The summed E-state index contributed by atoms with van der Waals surface area (Å²) in [7, 11) is 0. The van der Waals surface area contributed by atoms with Crippen LogP contribution in [0.15, 0.2) is 24.3 Å². The molecule has 0 saturated heterocycles. The zero-order valence-corrected chi connectivity index (χ0v) is 16.5. The number of ether oxygens (including phenoxy) is 2. The molecule has 0 bridgehead atoms. The lowest BCUT2D eigenvalue weighted by atomic mass is 9.89. The monoisotopic (exact) mass is 387 g/mol. The van der Waals surface area contributed by atoms with Gasteiger partial charge in [0.15, 0.2) is 5.60 Å². The van der Waals surface area contributed by atoms with E-state index in [0.29, 0.717) is 16.1 Å². The van der Waals surface area contributed by atoms with E-state index in [-0.39, 0.29) is 13.0 Å². The second kappa shape index (κ2) is 7.15. The standard InChI is InChI=1S/C20H21NO5S/c1-5-25-18(23)15-11(2)12(3)27-16(15)21-19(24)20(4)10-13-8-6-7-9-14(13)17(22)26-20/h6-9H,5,10H2,1-4H3,(H,21,24)/t20-/m1/s1. The summed E-state index contributed by atoms with van der Waals surface area (Å²) in [5, 5.41) is 3.18. The van der Waals surface area contributed by atoms with E-state index in [4.69, 9.17) is 9.47 Å². The van der Waals surface area contributed by atoms with Crippen molar-refractivity contribution in [1.82, 2.24) is 0 Å². The molecule has 0 aliphatic carbocycles. The van der Waals surface area contributed by atoms with Crippen molar-refractivity contribution in [1.29, 1.82) is 0 Å². The van der Waals surface area contributed by atoms with Crippen LogP contribution in [-0.4, -0.2) is 30.1 Å². The fourth-order valence-electron chi connectivity index (χ4n) is 3.06. The number of carbonyl (C=O) groups excluding carboxylic acids is 3. The van der Waals surface area contributed by atoms with Crippen LogP contribution in [0.25, 0.3) is 0 Å². The Morgan fingerprint density at radius 3 is 2.70 bits per heavy atom. The summed E-state index contributed by atoms with van der Waals surface area (Å²) >= 11 is 1.30. The Morgan fingerprint density at radius 2 is 2.00 bits per heavy atom. The maximum absolute atomic E-state index is 13.0. The minimum absolute atomic E-state index is 0.243. The number of amides is 1. The van der Waals surface area contributed by atoms with E-state index in [0.717, 1.165) is 16.0 Å². The molecule has 1 aromatic heterocycles. The Bertz CT molecular complexity index is 932. The molecule has 7 heteroatoms. The molecule has 0 unspecified atom stereocenters. The van der Waals surface area contributed by atoms with Crippen molar-refractivity contribution in [3.63, 3.8) is 0 Å². The number of nitrogens with one attached hydrogen (secondary N) is 1. The summed E-state index contributed by atoms with van der Waals surface area (Å²) in [6.07, 6.45) is 0.263. The number of benzene rings is 1. The number of hydrogen-bond acceptors (Lipinski definition) is 6. The second-order valence-electron chi connectivity index (χ2n) is 6.62. The Morgan fingerprint density at radius 1 is 1.30 bits per heavy atom. The fourth-order valence-corrected chi connectivity index (χ4v) is 4.10. The lowest BCUT2D eigenvalue weighted by Crippen LogP contribution is -2.48. The summed E-state index contributed by atoms with van der Waals surface area (Å²) in [4.78, 5) is 38.5. The van der Waals surface area contributed by atoms with E-state index in [9.17, 15) is 14.4 Å². The summed E-state index contributed by atoms with van der Waals surface area (Å²) in [5.41, 5.74) is 0.987. The van der Waals surface area contributed by atoms with Gasteiger partial charge in [-0.1, -0.05) is 18.2 Å². The number of cyclic esters (lactones) is 1. The molecule has 1 atom stereocenters. The third-order valence-corrected chi connectivity index (χ3v) is 5.78. The van der Waals surface area contributed by atoms with Gasteiger partial charge in [-0.15, -0.1) is 11.3 Å². The fraction of sp³-hybridized carbons (Fsp3) is 0.350. The van der Waals surface area contributed by atoms with Crippen LogP contribution in [0.2, 0.25) is 0 Å². The average molecular weight is 387 g/mol. The molecule has 0 spiro atoms. The molecule has 1 aliphatic heterocycles. The molecule has 142 valence electrons. The normalized spacial score (nSPS) is 18.4. The van der Waals surface area contributed by atoms with Crippen LogP contribution in [0, 0.1) is 13.8 Å². The predicted octanol–water partition coefficient (Wildman–Crippen LogP) is 3.65. The minimum Gasteiger partial charge on any atom is -0.462 e. The van der Waals surface area contributed by atoms with Gasteiger partial charge in [0.25, 0.3) is 5.91 Å². The highest BCUT2D eigenvalue weighted by atomic mass is 32.1. The van der Waals surface area contributed by atoms with Crippen molar-refractivity contribution < 1.29 is 23.9 Å². The van der Waals surface area contributed by atoms with Gasteiger partial charge < -0.3 is 14.8 Å². The third kappa shape index (κ3) is 3.47. The Balaban J connectivity index is 1.89. The predicted molar refractivity (Wildman–Crippen MR) is 102 cm³/mol. The Hall–Kier alpha value is -2.67.